The van der Waals surface area contributed by atoms with Gasteiger partial charge in [0.15, 0.2) is 0 Å². The molecular weight excluding hydrogens is 324 g/mol. The first-order valence-corrected chi connectivity index (χ1v) is 9.15. The van der Waals surface area contributed by atoms with Crippen LogP contribution in [0, 0.1) is 6.92 Å². The monoisotopic (exact) mass is 346 g/mol. The molecule has 3 heterocycles. The first kappa shape index (κ1) is 15.6. The summed E-state index contributed by atoms with van der Waals surface area (Å²) < 4.78 is 13.7. The van der Waals surface area contributed by atoms with Gasteiger partial charge in [0.25, 0.3) is 0 Å². The highest BCUT2D eigenvalue weighted by Crippen LogP contribution is 2.39. The summed E-state index contributed by atoms with van der Waals surface area (Å²) in [4.78, 5) is 4.70. The zero-order valence-corrected chi connectivity index (χ0v) is 15.4. The summed E-state index contributed by atoms with van der Waals surface area (Å²) in [5.41, 5.74) is 4.85. The van der Waals surface area contributed by atoms with E-state index in [1.807, 2.05) is 12.3 Å². The molecule has 2 aromatic heterocycles. The van der Waals surface area contributed by atoms with Gasteiger partial charge in [-0.2, -0.15) is 0 Å². The summed E-state index contributed by atoms with van der Waals surface area (Å²) in [6.07, 6.45) is 4.19. The van der Waals surface area contributed by atoms with Crippen LogP contribution in [0.15, 0.2) is 36.5 Å². The Bertz CT molecular complexity index is 1150. The van der Waals surface area contributed by atoms with Gasteiger partial charge in [0, 0.05) is 41.5 Å². The molecular formula is C22H22N2O2. The zero-order chi connectivity index (χ0) is 17.8. The van der Waals surface area contributed by atoms with E-state index in [0.717, 1.165) is 30.9 Å². The predicted molar refractivity (Wildman–Crippen MR) is 105 cm³/mol. The number of benzene rings is 2. The van der Waals surface area contributed by atoms with Gasteiger partial charge in [-0.1, -0.05) is 0 Å². The van der Waals surface area contributed by atoms with E-state index in [0.29, 0.717) is 0 Å². The van der Waals surface area contributed by atoms with E-state index in [9.17, 15) is 0 Å². The summed E-state index contributed by atoms with van der Waals surface area (Å²) in [5.74, 6) is 0.883. The van der Waals surface area contributed by atoms with Gasteiger partial charge in [-0.05, 0) is 61.0 Å². The van der Waals surface area contributed by atoms with Crippen LogP contribution in [0.1, 0.15) is 30.2 Å². The number of fused-ring (bicyclic) bond motifs is 4. The molecule has 4 aromatic rings. The molecule has 0 radical (unpaired) electrons. The molecule has 1 unspecified atom stereocenters. The third-order valence-corrected chi connectivity index (χ3v) is 5.75. The molecule has 0 amide bonds. The third-order valence-electron chi connectivity index (χ3n) is 5.75. The van der Waals surface area contributed by atoms with Crippen LogP contribution >= 0.6 is 0 Å². The summed E-state index contributed by atoms with van der Waals surface area (Å²) in [6, 6.07) is 10.7. The van der Waals surface area contributed by atoms with Gasteiger partial charge in [-0.25, -0.2) is 0 Å². The molecule has 0 saturated carbocycles. The quantitative estimate of drug-likeness (QED) is 0.510. The Kier molecular flexibility index (Phi) is 3.44. The molecule has 1 aliphatic rings. The number of aryl methyl sites for hydroxylation is 2. The van der Waals surface area contributed by atoms with Crippen molar-refractivity contribution < 1.29 is 9.47 Å². The van der Waals surface area contributed by atoms with Crippen molar-refractivity contribution in [1.29, 1.82) is 0 Å². The van der Waals surface area contributed by atoms with Crippen LogP contribution in [0.4, 0.5) is 0 Å². The van der Waals surface area contributed by atoms with Gasteiger partial charge >= 0.3 is 0 Å². The fourth-order valence-electron chi connectivity index (χ4n) is 4.47. The summed E-state index contributed by atoms with van der Waals surface area (Å²) in [5, 5.41) is 4.93. The highest BCUT2D eigenvalue weighted by atomic mass is 16.5. The lowest BCUT2D eigenvalue weighted by molar-refractivity contribution is 0.110. The van der Waals surface area contributed by atoms with Crippen LogP contribution < -0.4 is 4.74 Å². The van der Waals surface area contributed by atoms with Crippen LogP contribution in [0.2, 0.25) is 0 Å². The van der Waals surface area contributed by atoms with Crippen LogP contribution in [0.5, 0.6) is 5.75 Å². The van der Waals surface area contributed by atoms with Crippen LogP contribution in [0.3, 0.4) is 0 Å². The maximum atomic E-state index is 5.94. The molecule has 0 N–H and O–H groups in total. The lowest BCUT2D eigenvalue weighted by atomic mass is 9.98. The molecule has 132 valence electrons. The molecule has 4 heteroatoms. The van der Waals surface area contributed by atoms with Crippen molar-refractivity contribution in [2.75, 3.05) is 13.7 Å². The lowest BCUT2D eigenvalue weighted by Crippen LogP contribution is -2.01. The van der Waals surface area contributed by atoms with Gasteiger partial charge in [-0.15, -0.1) is 0 Å². The summed E-state index contributed by atoms with van der Waals surface area (Å²) in [6.45, 7) is 3.04. The van der Waals surface area contributed by atoms with E-state index >= 15 is 0 Å². The molecule has 26 heavy (non-hydrogen) atoms. The molecule has 1 saturated heterocycles. The van der Waals surface area contributed by atoms with E-state index in [4.69, 9.17) is 14.5 Å². The summed E-state index contributed by atoms with van der Waals surface area (Å²) in [7, 11) is 3.85. The number of hydrogen-bond acceptors (Lipinski definition) is 3. The minimum absolute atomic E-state index is 0.111. The molecule has 4 nitrogen and oxygen atoms in total. The van der Waals surface area contributed by atoms with Crippen molar-refractivity contribution in [3.8, 4) is 5.75 Å². The normalized spacial score (nSPS) is 17.6. The van der Waals surface area contributed by atoms with Crippen LogP contribution in [-0.4, -0.2) is 23.3 Å². The molecule has 0 bridgehead atoms. The minimum Gasteiger partial charge on any atom is -0.497 e. The Hall–Kier alpha value is -2.59. The first-order chi connectivity index (χ1) is 12.7. The number of aromatic nitrogens is 2. The van der Waals surface area contributed by atoms with E-state index in [-0.39, 0.29) is 6.10 Å². The predicted octanol–water partition coefficient (Wildman–Crippen LogP) is 5.05. The Morgan fingerprint density at radius 2 is 2.00 bits per heavy atom. The van der Waals surface area contributed by atoms with Crippen molar-refractivity contribution in [1.82, 2.24) is 9.55 Å². The number of hydrogen-bond donors (Lipinski definition) is 0. The van der Waals surface area contributed by atoms with Crippen molar-refractivity contribution in [3.63, 3.8) is 0 Å². The Morgan fingerprint density at radius 3 is 2.77 bits per heavy atom. The third kappa shape index (κ3) is 2.08. The number of methoxy groups -OCH3 is 1. The van der Waals surface area contributed by atoms with E-state index in [2.05, 4.69) is 42.8 Å². The largest absolute Gasteiger partial charge is 0.497 e. The van der Waals surface area contributed by atoms with Crippen LogP contribution in [-0.2, 0) is 11.8 Å². The molecule has 0 spiro atoms. The maximum Gasteiger partial charge on any atom is 0.119 e. The Morgan fingerprint density at radius 1 is 1.12 bits per heavy atom. The number of ether oxygens (including phenoxy) is 2. The van der Waals surface area contributed by atoms with E-state index < -0.39 is 0 Å². The topological polar surface area (TPSA) is 36.3 Å². The molecule has 0 aliphatic carbocycles. The second kappa shape index (κ2) is 5.71. The highest BCUT2D eigenvalue weighted by molar-refractivity contribution is 6.15. The van der Waals surface area contributed by atoms with Crippen molar-refractivity contribution in [3.05, 3.63) is 47.8 Å². The lowest BCUT2D eigenvalue weighted by Gasteiger charge is -2.14. The first-order valence-electron chi connectivity index (χ1n) is 9.15. The highest BCUT2D eigenvalue weighted by Gasteiger charge is 2.23. The fourth-order valence-corrected chi connectivity index (χ4v) is 4.47. The standard InChI is InChI=1S/C22H22N2O2/c1-13-15-8-9-23-21(20-5-4-10-26-20)17(15)12-18-16-11-14(25-3)6-7-19(16)24(2)22(13)18/h6-9,11-12,20H,4-5,10H2,1-3H3. The molecule has 1 atom stereocenters. The average Bonchev–Trinajstić information content (AvgIpc) is 3.29. The average molecular weight is 346 g/mol. The van der Waals surface area contributed by atoms with Gasteiger partial charge in [0.05, 0.1) is 18.3 Å². The second-order valence-electron chi connectivity index (χ2n) is 7.13. The Labute approximate surface area is 152 Å². The number of nitrogens with zero attached hydrogens (tertiary/aromatic N) is 2. The van der Waals surface area contributed by atoms with Gasteiger partial charge in [-0.3, -0.25) is 4.98 Å². The molecule has 5 rings (SSSR count). The fraction of sp³-hybridized carbons (Fsp3) is 0.318. The van der Waals surface area contributed by atoms with Crippen molar-refractivity contribution >= 4 is 32.6 Å². The zero-order valence-electron chi connectivity index (χ0n) is 15.4. The van der Waals surface area contributed by atoms with Crippen molar-refractivity contribution in [2.45, 2.75) is 25.9 Å². The maximum absolute atomic E-state index is 5.94. The number of rotatable bonds is 2. The van der Waals surface area contributed by atoms with E-state index in [1.165, 1.54) is 38.1 Å². The smallest absolute Gasteiger partial charge is 0.119 e. The van der Waals surface area contributed by atoms with Gasteiger partial charge < -0.3 is 14.0 Å². The SMILES string of the molecule is COc1ccc2c(c1)c1cc3c(C4CCCO4)nccc3c(C)c1n2C. The summed E-state index contributed by atoms with van der Waals surface area (Å²) >= 11 is 0. The molecule has 2 aromatic carbocycles. The van der Waals surface area contributed by atoms with Crippen LogP contribution in [0.25, 0.3) is 32.6 Å². The van der Waals surface area contributed by atoms with E-state index in [1.54, 1.807) is 7.11 Å². The number of pyridine rings is 1. The van der Waals surface area contributed by atoms with Gasteiger partial charge in [0.2, 0.25) is 0 Å². The minimum atomic E-state index is 0.111. The molecule has 1 aliphatic heterocycles. The second-order valence-corrected chi connectivity index (χ2v) is 7.13. The molecule has 1 fully saturated rings. The van der Waals surface area contributed by atoms with Gasteiger partial charge in [0.1, 0.15) is 11.9 Å². The Balaban J connectivity index is 1.92. The van der Waals surface area contributed by atoms with Crippen molar-refractivity contribution in [2.24, 2.45) is 7.05 Å².